The molecule has 1 saturated carbocycles. The van der Waals surface area contributed by atoms with Crippen LogP contribution >= 0.6 is 0 Å². The van der Waals surface area contributed by atoms with Gasteiger partial charge in [0.15, 0.2) is 5.82 Å². The lowest BCUT2D eigenvalue weighted by molar-refractivity contribution is -0.122. The van der Waals surface area contributed by atoms with Gasteiger partial charge in [0.05, 0.1) is 18.1 Å². The predicted octanol–water partition coefficient (Wildman–Crippen LogP) is 8.31. The fourth-order valence-corrected chi connectivity index (χ4v) is 10.9. The number of amides is 1. The van der Waals surface area contributed by atoms with E-state index in [0.29, 0.717) is 73.1 Å². The van der Waals surface area contributed by atoms with E-state index in [1.54, 1.807) is 23.5 Å². The van der Waals surface area contributed by atoms with Crippen molar-refractivity contribution >= 4 is 47.5 Å². The van der Waals surface area contributed by atoms with Crippen LogP contribution in [-0.2, 0) is 40.2 Å². The Labute approximate surface area is 402 Å². The maximum absolute atomic E-state index is 15.6. The number of pyridine rings is 1. The number of nitrogens with zero attached hydrogens (tertiary/aromatic N) is 9. The third-order valence-corrected chi connectivity index (χ3v) is 14.7. The number of benzene rings is 2. The van der Waals surface area contributed by atoms with E-state index in [0.717, 1.165) is 90.1 Å². The van der Waals surface area contributed by atoms with Crippen molar-refractivity contribution in [2.75, 3.05) is 36.0 Å². The van der Waals surface area contributed by atoms with Crippen LogP contribution in [0.2, 0.25) is 0 Å². The fourth-order valence-electron chi connectivity index (χ4n) is 10.9. The van der Waals surface area contributed by atoms with E-state index in [1.807, 2.05) is 61.0 Å². The first-order valence-corrected chi connectivity index (χ1v) is 24.2. The Morgan fingerprint density at radius 1 is 1.00 bits per heavy atom. The van der Waals surface area contributed by atoms with E-state index in [2.05, 4.69) is 37.5 Å². The van der Waals surface area contributed by atoms with Gasteiger partial charge in [0.1, 0.15) is 18.2 Å². The number of fused-ring (bicyclic) bond motifs is 3. The van der Waals surface area contributed by atoms with E-state index >= 15 is 8.78 Å². The van der Waals surface area contributed by atoms with Gasteiger partial charge in [-0.25, -0.2) is 19.6 Å². The first-order valence-electron chi connectivity index (χ1n) is 24.2. The highest BCUT2D eigenvalue weighted by Gasteiger charge is 2.35. The average Bonchev–Trinajstić information content (AvgIpc) is 3.95. The molecule has 3 aromatic heterocycles. The zero-order valence-electron chi connectivity index (χ0n) is 39.7. The van der Waals surface area contributed by atoms with Crippen LogP contribution in [0.4, 0.5) is 26.0 Å². The molecule has 5 aromatic rings. The lowest BCUT2D eigenvalue weighted by Crippen LogP contribution is -2.60. The summed E-state index contributed by atoms with van der Waals surface area (Å²) in [5.41, 5.74) is 17.9. The van der Waals surface area contributed by atoms with Gasteiger partial charge in [-0.05, 0) is 104 Å². The van der Waals surface area contributed by atoms with Gasteiger partial charge in [-0.3, -0.25) is 9.48 Å². The molecule has 362 valence electrons. The molecule has 4 N–H and O–H groups in total. The summed E-state index contributed by atoms with van der Waals surface area (Å²) in [5.74, 6) is 7.52. The number of hydrogen-bond donors (Lipinski definition) is 2. The zero-order chi connectivity index (χ0) is 48.5. The monoisotopic (exact) mass is 940 g/mol. The molecular formula is C53H63F2N11O3. The number of rotatable bonds is 18. The summed E-state index contributed by atoms with van der Waals surface area (Å²) in [6.45, 7) is 15.8. The van der Waals surface area contributed by atoms with Crippen LogP contribution in [0.15, 0.2) is 85.7 Å². The molecule has 1 aliphatic carbocycles. The second kappa shape index (κ2) is 20.0. The number of nitrogens with two attached hydrogens (primary N) is 2. The minimum atomic E-state index is -2.75. The lowest BCUT2D eigenvalue weighted by Gasteiger charge is -2.45. The largest absolute Gasteiger partial charge is 0.401 e. The van der Waals surface area contributed by atoms with Crippen LogP contribution in [0.5, 0.6) is 0 Å². The standard InChI is InChI=1S/C53H63F2N11O3/c1-34(2)60-19-16-49-48(31-60)53(59-66(49)40-11-6-5-7-12-40)63-18-8-10-37-24-46(47(52(54)55)25-50(37)63)45-26-51-58-17-20-61(51)27-38(45)23-39(56)28-65(57)43-29-62(30-43)41-14-15-44(35(3)22-41)36(4)64(33-69)42(32-68)13-9-21-67/h14-15,17,20-22,24-28,32-33,40,42-43,52H,1,4-13,16,18-19,23,29-31,56-57H2,2-3H3/b39-28-. The Balaban J connectivity index is 0.957. The molecule has 69 heavy (non-hydrogen) atoms. The van der Waals surface area contributed by atoms with Crippen molar-refractivity contribution in [1.82, 2.24) is 34.0 Å². The molecule has 1 unspecified atom stereocenters. The van der Waals surface area contributed by atoms with Gasteiger partial charge < -0.3 is 44.3 Å². The smallest absolute Gasteiger partial charge is 0.264 e. The highest BCUT2D eigenvalue weighted by atomic mass is 19.3. The number of hydrazine groups is 1. The summed E-state index contributed by atoms with van der Waals surface area (Å²) < 4.78 is 35.4. The SMILES string of the molecule is C=C(C)N1CCc2c(c(N3CCCc4cc(-c5cc6nccn6cc5C/C(N)=C/N(N)C5CN(c6ccc(C(=C)N(C=O)C(C=O)CCC=O)c(C)c6)C5)c(C(F)F)cc43)nn2C2CCCCC2)C1. The van der Waals surface area contributed by atoms with E-state index < -0.39 is 12.5 Å². The molecule has 0 radical (unpaired) electrons. The van der Waals surface area contributed by atoms with Gasteiger partial charge >= 0.3 is 0 Å². The van der Waals surface area contributed by atoms with Crippen LogP contribution in [0.3, 0.4) is 0 Å². The summed E-state index contributed by atoms with van der Waals surface area (Å²) in [6.07, 6.45) is 15.3. The van der Waals surface area contributed by atoms with Crippen LogP contribution in [0.1, 0.15) is 110 Å². The van der Waals surface area contributed by atoms with Gasteiger partial charge in [-0.2, -0.15) is 5.10 Å². The maximum Gasteiger partial charge on any atom is 0.264 e. The van der Waals surface area contributed by atoms with Crippen molar-refractivity contribution in [3.05, 3.63) is 125 Å². The van der Waals surface area contributed by atoms with Crippen molar-refractivity contribution in [3.63, 3.8) is 0 Å². The number of aryl methyl sites for hydroxylation is 2. The minimum Gasteiger partial charge on any atom is -0.401 e. The molecule has 2 fully saturated rings. The number of carbonyl (C=O) groups excluding carboxylic acids is 3. The Kier molecular flexibility index (Phi) is 13.7. The Bertz CT molecular complexity index is 2800. The third kappa shape index (κ3) is 9.38. The van der Waals surface area contributed by atoms with Crippen LogP contribution in [0, 0.1) is 6.92 Å². The van der Waals surface area contributed by atoms with Gasteiger partial charge in [0, 0.05) is 128 Å². The molecule has 9 rings (SSSR count). The number of halogens is 2. The van der Waals surface area contributed by atoms with E-state index in [-0.39, 0.29) is 30.9 Å². The maximum atomic E-state index is 15.6. The summed E-state index contributed by atoms with van der Waals surface area (Å²) >= 11 is 0. The molecule has 14 nitrogen and oxygen atoms in total. The molecule has 16 heteroatoms. The Morgan fingerprint density at radius 3 is 2.51 bits per heavy atom. The quantitative estimate of drug-likeness (QED) is 0.0496. The second-order valence-electron chi connectivity index (χ2n) is 19.2. The number of allylic oxidation sites excluding steroid dienone is 2. The highest BCUT2D eigenvalue weighted by Crippen LogP contribution is 2.45. The molecule has 1 atom stereocenters. The van der Waals surface area contributed by atoms with E-state index in [4.69, 9.17) is 16.7 Å². The van der Waals surface area contributed by atoms with Crippen molar-refractivity contribution in [3.8, 4) is 11.1 Å². The molecule has 4 aliphatic rings. The summed E-state index contributed by atoms with van der Waals surface area (Å²) in [4.78, 5) is 47.2. The highest BCUT2D eigenvalue weighted by molar-refractivity contribution is 5.81. The van der Waals surface area contributed by atoms with Crippen LogP contribution < -0.4 is 21.4 Å². The van der Waals surface area contributed by atoms with Crippen LogP contribution in [0.25, 0.3) is 22.5 Å². The van der Waals surface area contributed by atoms with Gasteiger partial charge in [0.25, 0.3) is 6.43 Å². The van der Waals surface area contributed by atoms with Crippen molar-refractivity contribution in [2.24, 2.45) is 11.6 Å². The molecule has 6 heterocycles. The van der Waals surface area contributed by atoms with Crippen molar-refractivity contribution in [1.29, 1.82) is 0 Å². The topological polar surface area (TPSA) is 155 Å². The minimum absolute atomic E-state index is 0.0482. The fraction of sp³-hybridized carbons (Fsp3) is 0.415. The number of anilines is 3. The lowest BCUT2D eigenvalue weighted by atomic mass is 9.89. The second-order valence-corrected chi connectivity index (χ2v) is 19.2. The van der Waals surface area contributed by atoms with Crippen molar-refractivity contribution in [2.45, 2.75) is 116 Å². The molecule has 1 amide bonds. The van der Waals surface area contributed by atoms with Gasteiger partial charge in [0.2, 0.25) is 6.41 Å². The molecule has 1 saturated heterocycles. The molecule has 0 bridgehead atoms. The predicted molar refractivity (Wildman–Crippen MR) is 265 cm³/mol. The molecule has 0 spiro atoms. The third-order valence-electron chi connectivity index (χ3n) is 14.7. The zero-order valence-corrected chi connectivity index (χ0v) is 39.7. The number of aldehydes is 2. The number of imidazole rings is 1. The molecule has 3 aliphatic heterocycles. The van der Waals surface area contributed by atoms with Gasteiger partial charge in [-0.15, -0.1) is 0 Å². The normalized spacial score (nSPS) is 17.1. The number of alkyl halides is 2. The van der Waals surface area contributed by atoms with E-state index in [1.165, 1.54) is 35.4 Å². The summed E-state index contributed by atoms with van der Waals surface area (Å²) in [5, 5.41) is 7.00. The average molecular weight is 940 g/mol. The van der Waals surface area contributed by atoms with E-state index in [9.17, 15) is 14.4 Å². The number of hydrogen-bond acceptors (Lipinski definition) is 11. The summed E-state index contributed by atoms with van der Waals surface area (Å²) in [7, 11) is 0. The first-order chi connectivity index (χ1) is 33.4. The molecule has 2 aromatic carbocycles. The Hall–Kier alpha value is -6.81. The van der Waals surface area contributed by atoms with Crippen LogP contribution in [-0.4, -0.2) is 91.2 Å². The number of aromatic nitrogens is 4. The number of carbonyl (C=O) groups is 3. The van der Waals surface area contributed by atoms with Gasteiger partial charge in [-0.1, -0.05) is 38.5 Å². The molecular weight excluding hydrogens is 877 g/mol. The van der Waals surface area contributed by atoms with Crippen molar-refractivity contribution < 1.29 is 23.2 Å². The Morgan fingerprint density at radius 2 is 1.80 bits per heavy atom. The summed E-state index contributed by atoms with van der Waals surface area (Å²) in [6, 6.07) is 10.9. The first kappa shape index (κ1) is 47.3.